The molecule has 0 aliphatic rings. The summed E-state index contributed by atoms with van der Waals surface area (Å²) in [5, 5.41) is 0.386. The molecule has 17 heavy (non-hydrogen) atoms. The monoisotopic (exact) mass is 329 g/mol. The van der Waals surface area contributed by atoms with Gasteiger partial charge in [0.25, 0.3) is 0 Å². The molecule has 2 N–H and O–H groups in total. The highest BCUT2D eigenvalue weighted by molar-refractivity contribution is 9.11. The molecule has 1 heterocycles. The van der Waals surface area contributed by atoms with Gasteiger partial charge in [0.15, 0.2) is 0 Å². The number of aryl methyl sites for hydroxylation is 1. The average Bonchev–Trinajstić information content (AvgIpc) is 2.58. The number of hydrogen-bond acceptors (Lipinski definition) is 3. The Morgan fingerprint density at radius 2 is 2.12 bits per heavy atom. The Labute approximate surface area is 117 Å². The fourth-order valence-corrected chi connectivity index (χ4v) is 3.18. The van der Waals surface area contributed by atoms with Crippen LogP contribution in [0.3, 0.4) is 0 Å². The van der Waals surface area contributed by atoms with Gasteiger partial charge in [-0.2, -0.15) is 0 Å². The molecular weight excluding hydrogens is 322 g/mol. The van der Waals surface area contributed by atoms with Crippen molar-refractivity contribution in [1.29, 1.82) is 0 Å². The maximum Gasteiger partial charge on any atom is 0.204 e. The van der Waals surface area contributed by atoms with Crippen molar-refractivity contribution in [3.05, 3.63) is 49.1 Å². The molecule has 2 rings (SSSR count). The van der Waals surface area contributed by atoms with Crippen molar-refractivity contribution in [3.8, 4) is 0 Å². The number of halogens is 2. The summed E-state index contributed by atoms with van der Waals surface area (Å²) in [6, 6.07) is 6.77. The van der Waals surface area contributed by atoms with Gasteiger partial charge in [0.05, 0.1) is 13.7 Å². The molecule has 0 atom stereocenters. The summed E-state index contributed by atoms with van der Waals surface area (Å²) in [4.78, 5) is 12.9. The number of ketones is 1. The van der Waals surface area contributed by atoms with Crippen LogP contribution in [-0.2, 0) is 0 Å². The van der Waals surface area contributed by atoms with E-state index in [1.807, 2.05) is 13.0 Å². The molecule has 1 aromatic carbocycles. The molecule has 88 valence electrons. The van der Waals surface area contributed by atoms with E-state index in [2.05, 4.69) is 15.9 Å². The summed E-state index contributed by atoms with van der Waals surface area (Å²) in [7, 11) is 0. The molecule has 0 radical (unpaired) electrons. The number of carbonyl (C=O) groups excluding carboxylic acids is 1. The lowest BCUT2D eigenvalue weighted by atomic mass is 10.1. The minimum atomic E-state index is -0.0752. The third kappa shape index (κ3) is 2.54. The van der Waals surface area contributed by atoms with E-state index in [1.54, 1.807) is 18.2 Å². The summed E-state index contributed by atoms with van der Waals surface area (Å²) < 4.78 is 0.965. The molecule has 0 unspecified atom stereocenters. The van der Waals surface area contributed by atoms with Crippen LogP contribution in [0.2, 0.25) is 5.02 Å². The molecule has 0 bridgehead atoms. The SMILES string of the molecule is Cc1cc(C(=O)c2ccc(N)cc2Cl)sc1Br. The van der Waals surface area contributed by atoms with Gasteiger partial charge in [-0.1, -0.05) is 11.6 Å². The predicted molar refractivity (Wildman–Crippen MR) is 76.1 cm³/mol. The van der Waals surface area contributed by atoms with Crippen molar-refractivity contribution in [3.63, 3.8) is 0 Å². The number of nitrogen functional groups attached to an aromatic ring is 1. The van der Waals surface area contributed by atoms with Gasteiger partial charge in [0.1, 0.15) is 0 Å². The van der Waals surface area contributed by atoms with Gasteiger partial charge in [-0.25, -0.2) is 0 Å². The van der Waals surface area contributed by atoms with Crippen molar-refractivity contribution >= 4 is 50.3 Å². The van der Waals surface area contributed by atoms with Crippen molar-refractivity contribution in [2.75, 3.05) is 5.73 Å². The maximum absolute atomic E-state index is 12.2. The van der Waals surface area contributed by atoms with Crippen LogP contribution in [0.1, 0.15) is 20.8 Å². The van der Waals surface area contributed by atoms with Crippen LogP contribution < -0.4 is 5.73 Å². The molecular formula is C12H9BrClNOS. The molecule has 1 aromatic heterocycles. The Morgan fingerprint density at radius 1 is 1.41 bits per heavy atom. The number of hydrogen-bond donors (Lipinski definition) is 1. The second kappa shape index (κ2) is 4.80. The van der Waals surface area contributed by atoms with Gasteiger partial charge in [0.2, 0.25) is 5.78 Å². The van der Waals surface area contributed by atoms with Crippen molar-refractivity contribution in [1.82, 2.24) is 0 Å². The first kappa shape index (κ1) is 12.6. The summed E-state index contributed by atoms with van der Waals surface area (Å²) in [6.45, 7) is 1.95. The van der Waals surface area contributed by atoms with Crippen LogP contribution in [0.4, 0.5) is 5.69 Å². The number of nitrogens with two attached hydrogens (primary N) is 1. The third-order valence-corrected chi connectivity index (χ3v) is 4.77. The Morgan fingerprint density at radius 3 is 2.65 bits per heavy atom. The fourth-order valence-electron chi connectivity index (χ4n) is 1.42. The molecule has 0 fully saturated rings. The summed E-state index contributed by atoms with van der Waals surface area (Å²) in [5.41, 5.74) is 7.67. The van der Waals surface area contributed by atoms with Crippen molar-refractivity contribution < 1.29 is 4.79 Å². The first-order chi connectivity index (χ1) is 7.99. The van der Waals surface area contributed by atoms with Gasteiger partial charge >= 0.3 is 0 Å². The van der Waals surface area contributed by atoms with E-state index in [9.17, 15) is 4.79 Å². The lowest BCUT2D eigenvalue weighted by molar-refractivity contribution is 0.104. The number of carbonyl (C=O) groups is 1. The topological polar surface area (TPSA) is 43.1 Å². The van der Waals surface area contributed by atoms with E-state index in [0.29, 0.717) is 21.2 Å². The quantitative estimate of drug-likeness (QED) is 0.659. The number of anilines is 1. The lowest BCUT2D eigenvalue weighted by Gasteiger charge is -2.02. The number of rotatable bonds is 2. The molecule has 2 nitrogen and oxygen atoms in total. The summed E-state index contributed by atoms with van der Waals surface area (Å²) >= 11 is 10.8. The molecule has 0 amide bonds. The largest absolute Gasteiger partial charge is 0.399 e. The van der Waals surface area contributed by atoms with Gasteiger partial charge in [-0.05, 0) is 52.7 Å². The molecule has 5 heteroatoms. The molecule has 2 aromatic rings. The predicted octanol–water partition coefficient (Wildman–Crippen LogP) is 4.29. The fraction of sp³-hybridized carbons (Fsp3) is 0.0833. The van der Waals surface area contributed by atoms with E-state index in [4.69, 9.17) is 17.3 Å². The highest BCUT2D eigenvalue weighted by atomic mass is 79.9. The average molecular weight is 331 g/mol. The third-order valence-electron chi connectivity index (χ3n) is 2.32. The second-order valence-corrected chi connectivity index (χ2v) is 6.41. The van der Waals surface area contributed by atoms with Crippen LogP contribution in [-0.4, -0.2) is 5.78 Å². The van der Waals surface area contributed by atoms with Crippen LogP contribution in [0.15, 0.2) is 28.1 Å². The zero-order valence-corrected chi connectivity index (χ0v) is 12.1. The normalized spacial score (nSPS) is 10.5. The molecule has 0 aliphatic carbocycles. The van der Waals surface area contributed by atoms with Gasteiger partial charge in [-0.15, -0.1) is 11.3 Å². The first-order valence-corrected chi connectivity index (χ1v) is 6.83. The van der Waals surface area contributed by atoms with Crippen LogP contribution >= 0.6 is 38.9 Å². The zero-order chi connectivity index (χ0) is 12.6. The highest BCUT2D eigenvalue weighted by Gasteiger charge is 2.16. The Kier molecular flexibility index (Phi) is 3.56. The number of thiophene rings is 1. The van der Waals surface area contributed by atoms with Crippen LogP contribution in [0, 0.1) is 6.92 Å². The number of benzene rings is 1. The summed E-state index contributed by atoms with van der Waals surface area (Å²) in [5.74, 6) is -0.0752. The molecule has 0 spiro atoms. The van der Waals surface area contributed by atoms with Crippen LogP contribution in [0.5, 0.6) is 0 Å². The van der Waals surface area contributed by atoms with E-state index in [-0.39, 0.29) is 5.78 Å². The maximum atomic E-state index is 12.2. The molecule has 0 saturated heterocycles. The van der Waals surface area contributed by atoms with Crippen LogP contribution in [0.25, 0.3) is 0 Å². The highest BCUT2D eigenvalue weighted by Crippen LogP contribution is 2.30. The Bertz CT molecular complexity index is 575. The standard InChI is InChI=1S/C12H9BrClNOS/c1-6-4-10(17-12(6)13)11(16)8-3-2-7(15)5-9(8)14/h2-5H,15H2,1H3. The van der Waals surface area contributed by atoms with Gasteiger partial charge in [0, 0.05) is 11.3 Å². The van der Waals surface area contributed by atoms with Gasteiger partial charge < -0.3 is 5.73 Å². The van der Waals surface area contributed by atoms with E-state index in [1.165, 1.54) is 11.3 Å². The first-order valence-electron chi connectivity index (χ1n) is 4.84. The van der Waals surface area contributed by atoms with E-state index >= 15 is 0 Å². The molecule has 0 saturated carbocycles. The second-order valence-electron chi connectivity index (χ2n) is 3.64. The Balaban J connectivity index is 2.43. The minimum absolute atomic E-state index is 0.0752. The lowest BCUT2D eigenvalue weighted by Crippen LogP contribution is -2.00. The Hall–Kier alpha value is -0.840. The molecule has 0 aliphatic heterocycles. The minimum Gasteiger partial charge on any atom is -0.399 e. The zero-order valence-electron chi connectivity index (χ0n) is 8.96. The summed E-state index contributed by atoms with van der Waals surface area (Å²) in [6.07, 6.45) is 0. The van der Waals surface area contributed by atoms with Gasteiger partial charge in [-0.3, -0.25) is 4.79 Å². The van der Waals surface area contributed by atoms with Crippen molar-refractivity contribution in [2.24, 2.45) is 0 Å². The smallest absolute Gasteiger partial charge is 0.204 e. The van der Waals surface area contributed by atoms with E-state index in [0.717, 1.165) is 9.35 Å². The van der Waals surface area contributed by atoms with Crippen molar-refractivity contribution in [2.45, 2.75) is 6.92 Å². The van der Waals surface area contributed by atoms with E-state index < -0.39 is 0 Å².